The number of anilines is 1. The highest BCUT2D eigenvalue weighted by Crippen LogP contribution is 2.24. The van der Waals surface area contributed by atoms with Crippen molar-refractivity contribution in [2.75, 3.05) is 11.9 Å². The Labute approximate surface area is 137 Å². The molecule has 2 aromatic rings. The second-order valence-corrected chi connectivity index (χ2v) is 5.14. The monoisotopic (exact) mass is 338 g/mol. The van der Waals surface area contributed by atoms with Gasteiger partial charge in [-0.1, -0.05) is 24.3 Å². The third kappa shape index (κ3) is 5.83. The molecule has 0 heterocycles. The lowest BCUT2D eigenvalue weighted by atomic mass is 10.2. The lowest BCUT2D eigenvalue weighted by Crippen LogP contribution is -2.42. The minimum Gasteiger partial charge on any atom is -0.457 e. The molecule has 2 aromatic carbocycles. The largest absolute Gasteiger partial charge is 0.457 e. The average Bonchev–Trinajstić information content (AvgIpc) is 2.53. The topological polar surface area (TPSA) is 50.4 Å². The van der Waals surface area contributed by atoms with Crippen molar-refractivity contribution in [3.8, 4) is 11.5 Å². The fourth-order valence-electron chi connectivity index (χ4n) is 1.93. The first kappa shape index (κ1) is 17.7. The molecule has 2 N–H and O–H groups in total. The lowest BCUT2D eigenvalue weighted by Gasteiger charge is -2.16. The number of rotatable bonds is 6. The average molecular weight is 338 g/mol. The Morgan fingerprint density at radius 2 is 1.75 bits per heavy atom. The van der Waals surface area contributed by atoms with Crippen LogP contribution in [0.4, 0.5) is 18.9 Å². The summed E-state index contributed by atoms with van der Waals surface area (Å²) in [4.78, 5) is 11.7. The van der Waals surface area contributed by atoms with E-state index in [1.54, 1.807) is 36.4 Å². The molecule has 1 amide bonds. The number of hydrogen-bond acceptors (Lipinski definition) is 3. The highest BCUT2D eigenvalue weighted by Gasteiger charge is 2.28. The summed E-state index contributed by atoms with van der Waals surface area (Å²) in [5, 5.41) is 4.68. The molecule has 0 saturated heterocycles. The fourth-order valence-corrected chi connectivity index (χ4v) is 1.93. The predicted octanol–water partition coefficient (Wildman–Crippen LogP) is 3.96. The van der Waals surface area contributed by atoms with Gasteiger partial charge in [0.15, 0.2) is 0 Å². The molecule has 0 aliphatic rings. The third-order valence-corrected chi connectivity index (χ3v) is 3.05. The van der Waals surface area contributed by atoms with Gasteiger partial charge in [0.2, 0.25) is 5.91 Å². The number of alkyl halides is 3. The number of para-hydroxylation sites is 1. The van der Waals surface area contributed by atoms with Crippen molar-refractivity contribution in [3.05, 3.63) is 54.6 Å². The molecule has 1 unspecified atom stereocenters. The highest BCUT2D eigenvalue weighted by atomic mass is 19.4. The van der Waals surface area contributed by atoms with Crippen molar-refractivity contribution in [1.29, 1.82) is 0 Å². The SMILES string of the molecule is CC(Nc1cccc(Oc2ccccc2)c1)C(=O)NCC(F)(F)F. The summed E-state index contributed by atoms with van der Waals surface area (Å²) in [5.41, 5.74) is 0.568. The van der Waals surface area contributed by atoms with Crippen LogP contribution in [0.1, 0.15) is 6.92 Å². The van der Waals surface area contributed by atoms with E-state index >= 15 is 0 Å². The van der Waals surface area contributed by atoms with Gasteiger partial charge in [-0.15, -0.1) is 0 Å². The molecule has 128 valence electrons. The predicted molar refractivity (Wildman–Crippen MR) is 85.1 cm³/mol. The van der Waals surface area contributed by atoms with Crippen molar-refractivity contribution < 1.29 is 22.7 Å². The first-order valence-corrected chi connectivity index (χ1v) is 7.27. The molecule has 2 rings (SSSR count). The number of carbonyl (C=O) groups is 1. The fraction of sp³-hybridized carbons (Fsp3) is 0.235. The normalized spacial score (nSPS) is 12.3. The maximum Gasteiger partial charge on any atom is 0.405 e. The van der Waals surface area contributed by atoms with Crippen molar-refractivity contribution in [2.24, 2.45) is 0 Å². The molecule has 24 heavy (non-hydrogen) atoms. The number of hydrogen-bond donors (Lipinski definition) is 2. The van der Waals surface area contributed by atoms with E-state index in [0.29, 0.717) is 17.2 Å². The molecule has 0 aliphatic heterocycles. The number of nitrogens with one attached hydrogen (secondary N) is 2. The van der Waals surface area contributed by atoms with Crippen molar-refractivity contribution in [1.82, 2.24) is 5.32 Å². The zero-order valence-corrected chi connectivity index (χ0v) is 12.9. The van der Waals surface area contributed by atoms with Crippen LogP contribution in [0.25, 0.3) is 0 Å². The van der Waals surface area contributed by atoms with E-state index in [1.807, 2.05) is 23.5 Å². The van der Waals surface area contributed by atoms with E-state index in [1.165, 1.54) is 6.92 Å². The molecule has 0 spiro atoms. The van der Waals surface area contributed by atoms with Crippen LogP contribution in [0.15, 0.2) is 54.6 Å². The van der Waals surface area contributed by atoms with Gasteiger partial charge < -0.3 is 15.4 Å². The van der Waals surface area contributed by atoms with E-state index in [0.717, 1.165) is 0 Å². The van der Waals surface area contributed by atoms with Crippen LogP contribution < -0.4 is 15.4 Å². The highest BCUT2D eigenvalue weighted by molar-refractivity contribution is 5.84. The van der Waals surface area contributed by atoms with Crippen molar-refractivity contribution in [3.63, 3.8) is 0 Å². The van der Waals surface area contributed by atoms with E-state index in [2.05, 4.69) is 5.32 Å². The first-order valence-electron chi connectivity index (χ1n) is 7.27. The van der Waals surface area contributed by atoms with Gasteiger partial charge in [0.25, 0.3) is 0 Å². The Balaban J connectivity index is 1.95. The molecule has 4 nitrogen and oxygen atoms in total. The summed E-state index contributed by atoms with van der Waals surface area (Å²) in [7, 11) is 0. The second-order valence-electron chi connectivity index (χ2n) is 5.14. The van der Waals surface area contributed by atoms with E-state index < -0.39 is 24.7 Å². The molecule has 0 fully saturated rings. The standard InChI is InChI=1S/C17H17F3N2O2/c1-12(16(23)21-11-17(18,19)20)22-13-6-5-9-15(10-13)24-14-7-3-2-4-8-14/h2-10,12,22H,11H2,1H3,(H,21,23). The van der Waals surface area contributed by atoms with Gasteiger partial charge in [-0.3, -0.25) is 4.79 Å². The van der Waals surface area contributed by atoms with Crippen LogP contribution in [0.5, 0.6) is 11.5 Å². The van der Waals surface area contributed by atoms with Crippen molar-refractivity contribution >= 4 is 11.6 Å². The Morgan fingerprint density at radius 1 is 1.08 bits per heavy atom. The number of benzene rings is 2. The number of ether oxygens (including phenoxy) is 1. The van der Waals surface area contributed by atoms with E-state index in [9.17, 15) is 18.0 Å². The van der Waals surface area contributed by atoms with Gasteiger partial charge in [0.1, 0.15) is 24.1 Å². The maximum absolute atomic E-state index is 12.1. The van der Waals surface area contributed by atoms with Gasteiger partial charge in [-0.05, 0) is 31.2 Å². The Bertz CT molecular complexity index is 675. The quantitative estimate of drug-likeness (QED) is 0.838. The van der Waals surface area contributed by atoms with Crippen LogP contribution in [-0.4, -0.2) is 24.7 Å². The van der Waals surface area contributed by atoms with Crippen LogP contribution in [0, 0.1) is 0 Å². The zero-order chi connectivity index (χ0) is 17.6. The molecule has 0 bridgehead atoms. The molecule has 0 saturated carbocycles. The van der Waals surface area contributed by atoms with Crippen LogP contribution in [0.3, 0.4) is 0 Å². The Morgan fingerprint density at radius 3 is 2.42 bits per heavy atom. The van der Waals surface area contributed by atoms with Gasteiger partial charge in [-0.2, -0.15) is 13.2 Å². The van der Waals surface area contributed by atoms with Gasteiger partial charge in [-0.25, -0.2) is 0 Å². The molecule has 0 aromatic heterocycles. The first-order chi connectivity index (χ1) is 11.3. The van der Waals surface area contributed by atoms with Gasteiger partial charge in [0.05, 0.1) is 0 Å². The van der Waals surface area contributed by atoms with Crippen molar-refractivity contribution in [2.45, 2.75) is 19.1 Å². The number of halogens is 3. The van der Waals surface area contributed by atoms with Gasteiger partial charge >= 0.3 is 6.18 Å². The summed E-state index contributed by atoms with van der Waals surface area (Å²) in [6.07, 6.45) is -4.43. The summed E-state index contributed by atoms with van der Waals surface area (Å²) >= 11 is 0. The molecule has 7 heteroatoms. The number of carbonyl (C=O) groups excluding carboxylic acids is 1. The van der Waals surface area contributed by atoms with Crippen LogP contribution in [0.2, 0.25) is 0 Å². The Hall–Kier alpha value is -2.70. The molecule has 0 radical (unpaired) electrons. The molecule has 0 aliphatic carbocycles. The summed E-state index contributed by atoms with van der Waals surface area (Å²) in [6.45, 7) is 0.130. The third-order valence-electron chi connectivity index (χ3n) is 3.05. The number of amides is 1. The summed E-state index contributed by atoms with van der Waals surface area (Å²) in [5.74, 6) is 0.474. The minimum absolute atomic E-state index is 0.550. The second kappa shape index (κ2) is 7.72. The van der Waals surface area contributed by atoms with Crippen LogP contribution >= 0.6 is 0 Å². The summed E-state index contributed by atoms with van der Waals surface area (Å²) in [6, 6.07) is 15.2. The maximum atomic E-state index is 12.1. The smallest absolute Gasteiger partial charge is 0.405 e. The Kier molecular flexibility index (Phi) is 5.68. The summed E-state index contributed by atoms with van der Waals surface area (Å²) < 4.78 is 42.0. The van der Waals surface area contributed by atoms with Gasteiger partial charge in [0, 0.05) is 11.8 Å². The molecular weight excluding hydrogens is 321 g/mol. The molecular formula is C17H17F3N2O2. The minimum atomic E-state index is -4.43. The van der Waals surface area contributed by atoms with E-state index in [4.69, 9.17) is 4.74 Å². The molecule has 1 atom stereocenters. The lowest BCUT2D eigenvalue weighted by molar-refractivity contribution is -0.138. The van der Waals surface area contributed by atoms with E-state index in [-0.39, 0.29) is 0 Å². The van der Waals surface area contributed by atoms with Crippen LogP contribution in [-0.2, 0) is 4.79 Å². The zero-order valence-electron chi connectivity index (χ0n) is 12.9.